The van der Waals surface area contributed by atoms with Crippen molar-refractivity contribution in [2.45, 2.75) is 77.0 Å². The predicted octanol–water partition coefficient (Wildman–Crippen LogP) is 7.71. The molecule has 7 heteroatoms. The van der Waals surface area contributed by atoms with Gasteiger partial charge in [0.25, 0.3) is 0 Å². The van der Waals surface area contributed by atoms with Crippen molar-refractivity contribution in [1.29, 1.82) is 0 Å². The minimum absolute atomic E-state index is 0.315. The number of hydrogen-bond donors (Lipinski definition) is 1. The van der Waals surface area contributed by atoms with Crippen molar-refractivity contribution in [3.8, 4) is 16.8 Å². The van der Waals surface area contributed by atoms with Crippen LogP contribution in [-0.4, -0.2) is 53.3 Å². The van der Waals surface area contributed by atoms with Crippen molar-refractivity contribution >= 4 is 17.7 Å². The first-order valence-corrected chi connectivity index (χ1v) is 17.5. The molecule has 1 N–H and O–H groups in total. The average Bonchev–Trinajstić information content (AvgIpc) is 3.74. The third-order valence-electron chi connectivity index (χ3n) is 10.5. The molecule has 2 fully saturated rings. The fraction of sp³-hybridized carbons (Fsp3) is 0.425. The lowest BCUT2D eigenvalue weighted by atomic mass is 9.83. The van der Waals surface area contributed by atoms with E-state index in [2.05, 4.69) is 76.8 Å². The molecule has 3 aliphatic rings. The van der Waals surface area contributed by atoms with Gasteiger partial charge in [0.2, 0.25) is 5.91 Å². The first-order chi connectivity index (χ1) is 23.0. The normalized spacial score (nSPS) is 17.9. The van der Waals surface area contributed by atoms with E-state index in [1.165, 1.54) is 33.4 Å². The number of likely N-dealkylation sites (tertiary alicyclic amines) is 1. The topological polar surface area (TPSA) is 76.5 Å². The molecule has 7 rings (SSSR count). The Labute approximate surface area is 278 Å². The number of hydrogen-bond acceptors (Lipinski definition) is 5. The summed E-state index contributed by atoms with van der Waals surface area (Å²) in [7, 11) is 1.80. The fourth-order valence-electron chi connectivity index (χ4n) is 7.97. The number of fused-ring (bicyclic) bond motifs is 1. The summed E-state index contributed by atoms with van der Waals surface area (Å²) in [4.78, 5) is 27.3. The molecule has 244 valence electrons. The van der Waals surface area contributed by atoms with Crippen molar-refractivity contribution < 1.29 is 14.3 Å². The lowest BCUT2D eigenvalue weighted by Gasteiger charge is -2.33. The molecule has 1 saturated carbocycles. The maximum Gasteiger partial charge on any atom is 0.343 e. The monoisotopic (exact) mass is 630 g/mol. The van der Waals surface area contributed by atoms with Crippen LogP contribution in [0, 0.1) is 5.92 Å². The number of amides is 1. The maximum absolute atomic E-state index is 12.6. The molecule has 1 amide bonds. The maximum atomic E-state index is 12.6. The standard InChI is InChI=1S/C40H46N4O3/c1-4-27-22-26(12-17-34(27)28-18-20-43(21-19-28)39(45)30-14-15-30)23-32-16-13-29-8-7-11-35(37(29)32)31-9-6-10-33(24-31)44-38(41-3)36(25-42-44)40(46)47-5-2/h6-12,17,22,24-25,28,30,32,41H,4-5,13-16,18-21,23H2,1-3H3/t32-/m1/s1. The molecule has 3 aromatic carbocycles. The highest BCUT2D eigenvalue weighted by atomic mass is 16.5. The van der Waals surface area contributed by atoms with E-state index in [0.29, 0.717) is 41.6 Å². The van der Waals surface area contributed by atoms with Gasteiger partial charge in [0, 0.05) is 26.1 Å². The van der Waals surface area contributed by atoms with Crippen LogP contribution in [0.5, 0.6) is 0 Å². The molecule has 47 heavy (non-hydrogen) atoms. The Balaban J connectivity index is 1.12. The van der Waals surface area contributed by atoms with Gasteiger partial charge in [0.1, 0.15) is 11.4 Å². The summed E-state index contributed by atoms with van der Waals surface area (Å²) >= 11 is 0. The number of nitrogens with one attached hydrogen (secondary N) is 1. The van der Waals surface area contributed by atoms with Gasteiger partial charge >= 0.3 is 5.97 Å². The summed E-state index contributed by atoms with van der Waals surface area (Å²) in [5.74, 6) is 1.93. The second kappa shape index (κ2) is 13.4. The molecular weight excluding hydrogens is 584 g/mol. The van der Waals surface area contributed by atoms with Gasteiger partial charge in [-0.1, -0.05) is 55.5 Å². The molecule has 1 aromatic heterocycles. The van der Waals surface area contributed by atoms with E-state index >= 15 is 0 Å². The second-order valence-corrected chi connectivity index (χ2v) is 13.4. The number of ether oxygens (including phenoxy) is 1. The van der Waals surface area contributed by atoms with Gasteiger partial charge in [-0.3, -0.25) is 4.79 Å². The molecule has 0 bridgehead atoms. The highest BCUT2D eigenvalue weighted by molar-refractivity contribution is 5.95. The Morgan fingerprint density at radius 3 is 2.51 bits per heavy atom. The molecule has 1 aliphatic heterocycles. The summed E-state index contributed by atoms with van der Waals surface area (Å²) in [6.07, 6.45) is 10.2. The van der Waals surface area contributed by atoms with Gasteiger partial charge < -0.3 is 15.0 Å². The minimum atomic E-state index is -0.381. The van der Waals surface area contributed by atoms with E-state index in [0.717, 1.165) is 75.7 Å². The number of piperidine rings is 1. The number of benzene rings is 3. The molecule has 2 heterocycles. The zero-order valence-corrected chi connectivity index (χ0v) is 27.9. The summed E-state index contributed by atoms with van der Waals surface area (Å²) in [6, 6.07) is 22.4. The molecule has 1 atom stereocenters. The third kappa shape index (κ3) is 6.20. The van der Waals surface area contributed by atoms with Crippen LogP contribution >= 0.6 is 0 Å². The van der Waals surface area contributed by atoms with Crippen LogP contribution in [0.3, 0.4) is 0 Å². The van der Waals surface area contributed by atoms with E-state index in [-0.39, 0.29) is 5.97 Å². The number of anilines is 1. The largest absolute Gasteiger partial charge is 0.462 e. The number of carbonyl (C=O) groups is 2. The third-order valence-corrected chi connectivity index (χ3v) is 10.5. The Morgan fingerprint density at radius 2 is 1.77 bits per heavy atom. The van der Waals surface area contributed by atoms with Crippen LogP contribution in [0.2, 0.25) is 0 Å². The molecule has 0 spiro atoms. The zero-order valence-electron chi connectivity index (χ0n) is 27.9. The smallest absolute Gasteiger partial charge is 0.343 e. The summed E-state index contributed by atoms with van der Waals surface area (Å²) < 4.78 is 7.03. The SMILES string of the molecule is CCOC(=O)c1cnn(-c2cccc(-c3cccc4c3[C@@H](Cc3ccc(C5CCN(C(=O)C6CC6)CC5)c(CC)c3)CC4)c2)c1NC. The van der Waals surface area contributed by atoms with Crippen LogP contribution in [0.15, 0.2) is 66.9 Å². The molecular formula is C40H46N4O3. The van der Waals surface area contributed by atoms with Crippen molar-refractivity contribution in [2.75, 3.05) is 32.1 Å². The van der Waals surface area contributed by atoms with Crippen LogP contribution in [0.1, 0.15) is 96.0 Å². The van der Waals surface area contributed by atoms with Gasteiger partial charge in [-0.2, -0.15) is 5.10 Å². The van der Waals surface area contributed by atoms with E-state index in [9.17, 15) is 9.59 Å². The molecule has 4 aromatic rings. The number of nitrogens with zero attached hydrogens (tertiary/aromatic N) is 3. The highest BCUT2D eigenvalue weighted by Gasteiger charge is 2.35. The van der Waals surface area contributed by atoms with Crippen LogP contribution in [0.4, 0.5) is 5.82 Å². The molecule has 0 unspecified atom stereocenters. The van der Waals surface area contributed by atoms with E-state index in [1.54, 1.807) is 24.9 Å². The van der Waals surface area contributed by atoms with Crippen LogP contribution < -0.4 is 5.32 Å². The lowest BCUT2D eigenvalue weighted by Crippen LogP contribution is -2.38. The number of esters is 1. The Kier molecular flexibility index (Phi) is 8.89. The van der Waals surface area contributed by atoms with Gasteiger partial charge in [-0.05, 0) is 121 Å². The van der Waals surface area contributed by atoms with Gasteiger partial charge in [0.15, 0.2) is 0 Å². The first kappa shape index (κ1) is 31.2. The zero-order chi connectivity index (χ0) is 32.5. The lowest BCUT2D eigenvalue weighted by molar-refractivity contribution is -0.133. The Hall–Kier alpha value is -4.39. The Morgan fingerprint density at radius 1 is 0.957 bits per heavy atom. The predicted molar refractivity (Wildman–Crippen MR) is 186 cm³/mol. The van der Waals surface area contributed by atoms with Crippen molar-refractivity contribution in [3.05, 3.63) is 100 Å². The summed E-state index contributed by atoms with van der Waals surface area (Å²) in [5.41, 5.74) is 11.0. The summed E-state index contributed by atoms with van der Waals surface area (Å²) in [5, 5.41) is 7.70. The van der Waals surface area contributed by atoms with Crippen molar-refractivity contribution in [1.82, 2.24) is 14.7 Å². The van der Waals surface area contributed by atoms with Crippen LogP contribution in [0.25, 0.3) is 16.8 Å². The first-order valence-electron chi connectivity index (χ1n) is 17.5. The number of rotatable bonds is 10. The molecule has 2 aliphatic carbocycles. The molecule has 0 radical (unpaired) electrons. The van der Waals surface area contributed by atoms with E-state index in [4.69, 9.17) is 4.74 Å². The van der Waals surface area contributed by atoms with Gasteiger partial charge in [-0.15, -0.1) is 0 Å². The minimum Gasteiger partial charge on any atom is -0.462 e. The number of carbonyl (C=O) groups excluding carboxylic acids is 2. The summed E-state index contributed by atoms with van der Waals surface area (Å²) in [6.45, 7) is 6.20. The van der Waals surface area contributed by atoms with Crippen molar-refractivity contribution in [3.63, 3.8) is 0 Å². The number of aromatic nitrogens is 2. The second-order valence-electron chi connectivity index (χ2n) is 13.4. The van der Waals surface area contributed by atoms with Gasteiger partial charge in [-0.25, -0.2) is 9.48 Å². The van der Waals surface area contributed by atoms with Crippen molar-refractivity contribution in [2.24, 2.45) is 5.92 Å². The van der Waals surface area contributed by atoms with E-state index in [1.807, 2.05) is 6.07 Å². The molecule has 7 nitrogen and oxygen atoms in total. The number of aryl methyl sites for hydroxylation is 2. The van der Waals surface area contributed by atoms with Gasteiger partial charge in [0.05, 0.1) is 18.5 Å². The average molecular weight is 631 g/mol. The van der Waals surface area contributed by atoms with E-state index < -0.39 is 0 Å². The Bertz CT molecular complexity index is 1780. The quantitative estimate of drug-likeness (QED) is 0.182. The molecule has 1 saturated heterocycles. The fourth-order valence-corrected chi connectivity index (χ4v) is 7.97. The van der Waals surface area contributed by atoms with Crippen LogP contribution in [-0.2, 0) is 28.8 Å². The highest BCUT2D eigenvalue weighted by Crippen LogP contribution is 2.43.